The summed E-state index contributed by atoms with van der Waals surface area (Å²) in [6.07, 6.45) is 7.05. The van der Waals surface area contributed by atoms with Gasteiger partial charge in [0.2, 0.25) is 0 Å². The predicted molar refractivity (Wildman–Crippen MR) is 142 cm³/mol. The van der Waals surface area contributed by atoms with Gasteiger partial charge in [0.1, 0.15) is 5.75 Å². The number of aryl methyl sites for hydroxylation is 1. The maximum absolute atomic E-state index is 11.6. The minimum absolute atomic E-state index is 0.117. The number of fused-ring (bicyclic) bond motifs is 1. The van der Waals surface area contributed by atoms with Gasteiger partial charge >= 0.3 is 5.97 Å². The maximum Gasteiger partial charge on any atom is 0.303 e. The Hall–Kier alpha value is -2.96. The van der Waals surface area contributed by atoms with Gasteiger partial charge in [-0.3, -0.25) is 9.78 Å². The van der Waals surface area contributed by atoms with Crippen molar-refractivity contribution in [3.05, 3.63) is 71.9 Å². The van der Waals surface area contributed by atoms with Crippen LogP contribution in [0.15, 0.2) is 60.8 Å². The largest absolute Gasteiger partial charge is 0.497 e. The number of carboxylic acids is 1. The molecule has 0 radical (unpaired) electrons. The molecule has 6 nitrogen and oxygen atoms in total. The molecule has 1 aliphatic rings. The molecular formula is C30H38N2O4. The quantitative estimate of drug-likeness (QED) is 0.327. The molecule has 3 atom stereocenters. The van der Waals surface area contributed by atoms with Crippen molar-refractivity contribution in [1.29, 1.82) is 0 Å². The second-order valence-corrected chi connectivity index (χ2v) is 10.0. The first-order valence-corrected chi connectivity index (χ1v) is 13.1. The molecule has 1 aromatic heterocycles. The topological polar surface area (TPSA) is 82.9 Å². The molecule has 1 saturated heterocycles. The molecule has 1 fully saturated rings. The van der Waals surface area contributed by atoms with Crippen LogP contribution in [0.3, 0.4) is 0 Å². The Morgan fingerprint density at radius 3 is 2.75 bits per heavy atom. The summed E-state index contributed by atoms with van der Waals surface area (Å²) >= 11 is 0. The number of nitrogens with zero attached hydrogens (tertiary/aromatic N) is 2. The number of aliphatic hydroxyl groups excluding tert-OH is 1. The standard InChI is InChI=1S/C30H38N2O4/c1-36-25-11-12-28-27(20-25)26(14-16-31-28)29(33)13-10-23-15-18-32(21-24(23)19-30(34)35)17-6-5-9-22-7-3-2-4-8-22/h2-4,7-8,11-12,14,16,20,23-24,29,33H,5-6,9-10,13,15,17-19,21H2,1H3,(H,34,35)/t23-,24+,29+/m1/s1. The first-order chi connectivity index (χ1) is 17.5. The van der Waals surface area contributed by atoms with E-state index in [-0.39, 0.29) is 12.3 Å². The normalized spacial score (nSPS) is 19.3. The minimum atomic E-state index is -0.733. The van der Waals surface area contributed by atoms with Crippen LogP contribution in [-0.2, 0) is 11.2 Å². The van der Waals surface area contributed by atoms with Crippen LogP contribution >= 0.6 is 0 Å². The first kappa shape index (κ1) is 26.1. The predicted octanol–water partition coefficient (Wildman–Crippen LogP) is 5.49. The van der Waals surface area contributed by atoms with Crippen LogP contribution in [0.4, 0.5) is 0 Å². The summed E-state index contributed by atoms with van der Waals surface area (Å²) < 4.78 is 5.36. The van der Waals surface area contributed by atoms with Gasteiger partial charge in [-0.25, -0.2) is 0 Å². The van der Waals surface area contributed by atoms with Crippen LogP contribution in [-0.4, -0.2) is 52.8 Å². The smallest absolute Gasteiger partial charge is 0.303 e. The molecule has 0 spiro atoms. The van der Waals surface area contributed by atoms with Gasteiger partial charge in [0.25, 0.3) is 0 Å². The molecule has 0 unspecified atom stereocenters. The number of methoxy groups -OCH3 is 1. The van der Waals surface area contributed by atoms with Crippen molar-refractivity contribution in [3.63, 3.8) is 0 Å². The van der Waals surface area contributed by atoms with E-state index in [9.17, 15) is 15.0 Å². The zero-order valence-electron chi connectivity index (χ0n) is 21.2. The number of benzene rings is 2. The number of aromatic nitrogens is 1. The van der Waals surface area contributed by atoms with E-state index in [2.05, 4.69) is 34.1 Å². The first-order valence-electron chi connectivity index (χ1n) is 13.1. The second kappa shape index (κ2) is 12.8. The van der Waals surface area contributed by atoms with Crippen molar-refractivity contribution < 1.29 is 19.7 Å². The van der Waals surface area contributed by atoms with Crippen LogP contribution < -0.4 is 4.74 Å². The molecule has 0 aliphatic carbocycles. The summed E-state index contributed by atoms with van der Waals surface area (Å²) in [4.78, 5) is 18.5. The van der Waals surface area contributed by atoms with E-state index in [4.69, 9.17) is 4.74 Å². The summed E-state index contributed by atoms with van der Waals surface area (Å²) in [6, 6.07) is 18.1. The lowest BCUT2D eigenvalue weighted by molar-refractivity contribution is -0.139. The lowest BCUT2D eigenvalue weighted by Gasteiger charge is -2.38. The fourth-order valence-corrected chi connectivity index (χ4v) is 5.60. The van der Waals surface area contributed by atoms with Crippen molar-refractivity contribution >= 4 is 16.9 Å². The van der Waals surface area contributed by atoms with Crippen LogP contribution in [0.25, 0.3) is 10.9 Å². The van der Waals surface area contributed by atoms with E-state index >= 15 is 0 Å². The van der Waals surface area contributed by atoms with Crippen LogP contribution in [0.5, 0.6) is 5.75 Å². The van der Waals surface area contributed by atoms with Crippen LogP contribution in [0, 0.1) is 11.8 Å². The molecule has 4 rings (SSSR count). The van der Waals surface area contributed by atoms with Crippen molar-refractivity contribution in [1.82, 2.24) is 9.88 Å². The Labute approximate surface area is 213 Å². The zero-order chi connectivity index (χ0) is 25.3. The zero-order valence-corrected chi connectivity index (χ0v) is 21.2. The third kappa shape index (κ3) is 7.05. The van der Waals surface area contributed by atoms with E-state index in [1.54, 1.807) is 13.3 Å². The number of likely N-dealkylation sites (tertiary alicyclic amines) is 1. The SMILES string of the molecule is COc1ccc2nccc([C@@H](O)CC[C@@H]3CCN(CCCCc4ccccc4)C[C@@H]3CC(=O)O)c2c1. The molecule has 0 bridgehead atoms. The molecule has 2 N–H and O–H groups in total. The van der Waals surface area contributed by atoms with E-state index in [0.717, 1.165) is 74.0 Å². The summed E-state index contributed by atoms with van der Waals surface area (Å²) in [5, 5.41) is 21.5. The number of aliphatic carboxylic acids is 1. The van der Waals surface area contributed by atoms with Gasteiger partial charge in [0.05, 0.1) is 18.7 Å². The highest BCUT2D eigenvalue weighted by Crippen LogP contribution is 2.34. The van der Waals surface area contributed by atoms with Gasteiger partial charge in [-0.2, -0.15) is 0 Å². The van der Waals surface area contributed by atoms with Gasteiger partial charge in [-0.05, 0) is 98.8 Å². The highest BCUT2D eigenvalue weighted by molar-refractivity contribution is 5.83. The maximum atomic E-state index is 11.6. The number of carbonyl (C=O) groups is 1. The van der Waals surface area contributed by atoms with Gasteiger partial charge in [-0.1, -0.05) is 30.3 Å². The van der Waals surface area contributed by atoms with E-state index in [1.165, 1.54) is 5.56 Å². The molecule has 192 valence electrons. The summed E-state index contributed by atoms with van der Waals surface area (Å²) in [5.74, 6) is 0.427. The Bertz CT molecular complexity index is 1120. The Balaban J connectivity index is 1.31. The number of aliphatic hydroxyl groups is 1. The summed E-state index contributed by atoms with van der Waals surface area (Å²) in [5.41, 5.74) is 3.06. The van der Waals surface area contributed by atoms with Crippen molar-refractivity contribution in [2.75, 3.05) is 26.7 Å². The third-order valence-corrected chi connectivity index (χ3v) is 7.60. The van der Waals surface area contributed by atoms with Gasteiger partial charge < -0.3 is 19.8 Å². The Morgan fingerprint density at radius 2 is 1.97 bits per heavy atom. The molecule has 3 aromatic rings. The fourth-order valence-electron chi connectivity index (χ4n) is 5.60. The highest BCUT2D eigenvalue weighted by atomic mass is 16.5. The molecular weight excluding hydrogens is 452 g/mol. The highest BCUT2D eigenvalue weighted by Gasteiger charge is 2.31. The van der Waals surface area contributed by atoms with Gasteiger partial charge in [-0.15, -0.1) is 0 Å². The molecule has 2 heterocycles. The number of carboxylic acid groups (broad SMARTS) is 1. The van der Waals surface area contributed by atoms with Crippen LogP contribution in [0.1, 0.15) is 55.8 Å². The molecule has 0 saturated carbocycles. The van der Waals surface area contributed by atoms with Crippen molar-refractivity contribution in [3.8, 4) is 5.75 Å². The van der Waals surface area contributed by atoms with Crippen molar-refractivity contribution in [2.24, 2.45) is 11.8 Å². The van der Waals surface area contributed by atoms with Gasteiger partial charge in [0, 0.05) is 24.5 Å². The number of hydrogen-bond acceptors (Lipinski definition) is 5. The lowest BCUT2D eigenvalue weighted by atomic mass is 9.79. The Morgan fingerprint density at radius 1 is 1.14 bits per heavy atom. The Kier molecular flexibility index (Phi) is 9.31. The number of piperidine rings is 1. The van der Waals surface area contributed by atoms with E-state index in [0.29, 0.717) is 12.3 Å². The number of unbranched alkanes of at least 4 members (excludes halogenated alkanes) is 1. The number of hydrogen-bond donors (Lipinski definition) is 2. The average molecular weight is 491 g/mol. The molecule has 6 heteroatoms. The monoisotopic (exact) mass is 490 g/mol. The average Bonchev–Trinajstić information content (AvgIpc) is 2.90. The molecule has 1 aliphatic heterocycles. The van der Waals surface area contributed by atoms with Gasteiger partial charge in [0.15, 0.2) is 0 Å². The van der Waals surface area contributed by atoms with E-state index in [1.807, 2.05) is 30.3 Å². The van der Waals surface area contributed by atoms with E-state index < -0.39 is 12.1 Å². The van der Waals surface area contributed by atoms with Crippen molar-refractivity contribution in [2.45, 2.75) is 51.0 Å². The number of pyridine rings is 1. The number of rotatable bonds is 12. The molecule has 0 amide bonds. The summed E-state index contributed by atoms with van der Waals surface area (Å²) in [7, 11) is 1.63. The lowest BCUT2D eigenvalue weighted by Crippen LogP contribution is -2.41. The second-order valence-electron chi connectivity index (χ2n) is 10.0. The van der Waals surface area contributed by atoms with Crippen LogP contribution in [0.2, 0.25) is 0 Å². The minimum Gasteiger partial charge on any atom is -0.497 e. The molecule has 2 aromatic carbocycles. The summed E-state index contributed by atoms with van der Waals surface area (Å²) in [6.45, 7) is 2.84. The third-order valence-electron chi connectivity index (χ3n) is 7.60. The fraction of sp³-hybridized carbons (Fsp3) is 0.467. The number of ether oxygens (including phenoxy) is 1. The molecule has 36 heavy (non-hydrogen) atoms.